The fourth-order valence-corrected chi connectivity index (χ4v) is 5.56. The smallest absolute Gasteiger partial charge is 0.255 e. The van der Waals surface area contributed by atoms with Crippen LogP contribution in [-0.4, -0.2) is 60.4 Å². The summed E-state index contributed by atoms with van der Waals surface area (Å²) in [5.74, 6) is 0.425. The number of rotatable bonds is 7. The minimum absolute atomic E-state index is 0.0824. The number of benzene rings is 2. The van der Waals surface area contributed by atoms with E-state index in [1.54, 1.807) is 18.2 Å². The number of carbonyl (C=O) groups excluding carboxylic acids is 2. The molecular formula is C26H31Cl2N3O2. The summed E-state index contributed by atoms with van der Waals surface area (Å²) < 4.78 is 0. The molecule has 33 heavy (non-hydrogen) atoms. The molecule has 0 aromatic heterocycles. The van der Waals surface area contributed by atoms with Crippen LogP contribution in [0, 0.1) is 5.92 Å². The second-order valence-electron chi connectivity index (χ2n) is 8.97. The summed E-state index contributed by atoms with van der Waals surface area (Å²) in [5, 5.41) is 4.07. The van der Waals surface area contributed by atoms with Crippen molar-refractivity contribution in [1.29, 1.82) is 0 Å². The molecule has 4 rings (SSSR count). The summed E-state index contributed by atoms with van der Waals surface area (Å²) in [4.78, 5) is 30.3. The molecule has 1 saturated carbocycles. The molecule has 2 aromatic rings. The van der Waals surface area contributed by atoms with E-state index in [-0.39, 0.29) is 17.9 Å². The molecule has 0 unspecified atom stereocenters. The quantitative estimate of drug-likeness (QED) is 0.617. The first kappa shape index (κ1) is 24.1. The Morgan fingerprint density at radius 3 is 2.33 bits per heavy atom. The van der Waals surface area contributed by atoms with Crippen molar-refractivity contribution >= 4 is 35.0 Å². The van der Waals surface area contributed by atoms with E-state index in [1.165, 1.54) is 18.4 Å². The third kappa shape index (κ3) is 6.08. The number of hydrogen-bond acceptors (Lipinski definition) is 3. The number of amides is 2. The highest BCUT2D eigenvalue weighted by Gasteiger charge is 2.37. The van der Waals surface area contributed by atoms with Gasteiger partial charge in [0.1, 0.15) is 0 Å². The van der Waals surface area contributed by atoms with Crippen molar-refractivity contribution < 1.29 is 9.59 Å². The maximum atomic E-state index is 13.3. The van der Waals surface area contributed by atoms with Crippen LogP contribution < -0.4 is 5.32 Å². The molecule has 0 radical (unpaired) electrons. The van der Waals surface area contributed by atoms with Crippen molar-refractivity contribution in [3.05, 3.63) is 69.7 Å². The van der Waals surface area contributed by atoms with Crippen LogP contribution in [0.15, 0.2) is 48.5 Å². The lowest BCUT2D eigenvalue weighted by Crippen LogP contribution is -2.58. The van der Waals surface area contributed by atoms with E-state index in [4.69, 9.17) is 23.2 Å². The highest BCUT2D eigenvalue weighted by Crippen LogP contribution is 2.31. The van der Waals surface area contributed by atoms with Crippen LogP contribution in [0.4, 0.5) is 0 Å². The average Bonchev–Trinajstić information content (AvgIpc) is 3.34. The topological polar surface area (TPSA) is 52.7 Å². The van der Waals surface area contributed by atoms with Crippen molar-refractivity contribution in [2.45, 2.75) is 38.1 Å². The van der Waals surface area contributed by atoms with E-state index < -0.39 is 0 Å². The Morgan fingerprint density at radius 1 is 0.970 bits per heavy atom. The number of halogens is 2. The fourth-order valence-electron chi connectivity index (χ4n) is 5.07. The van der Waals surface area contributed by atoms with Crippen LogP contribution in [0.5, 0.6) is 0 Å². The van der Waals surface area contributed by atoms with E-state index in [1.807, 2.05) is 23.1 Å². The summed E-state index contributed by atoms with van der Waals surface area (Å²) >= 11 is 12.2. The third-order valence-electron chi connectivity index (χ3n) is 6.83. The van der Waals surface area contributed by atoms with Crippen LogP contribution in [0.25, 0.3) is 0 Å². The van der Waals surface area contributed by atoms with Gasteiger partial charge >= 0.3 is 0 Å². The van der Waals surface area contributed by atoms with Crippen LogP contribution in [0.3, 0.4) is 0 Å². The maximum absolute atomic E-state index is 13.3. The van der Waals surface area contributed by atoms with Gasteiger partial charge in [-0.3, -0.25) is 14.5 Å². The predicted octanol–water partition coefficient (Wildman–Crippen LogP) is 4.67. The summed E-state index contributed by atoms with van der Waals surface area (Å²) in [6, 6.07) is 15.1. The first-order valence-corrected chi connectivity index (χ1v) is 12.6. The van der Waals surface area contributed by atoms with Gasteiger partial charge in [0.25, 0.3) is 5.91 Å². The Bertz CT molecular complexity index is 955. The van der Waals surface area contributed by atoms with Crippen LogP contribution in [0.1, 0.15) is 41.6 Å². The molecule has 7 heteroatoms. The molecule has 176 valence electrons. The minimum Gasteiger partial charge on any atom is -0.354 e. The number of nitrogens with zero attached hydrogens (tertiary/aromatic N) is 2. The Balaban J connectivity index is 1.36. The average molecular weight is 488 g/mol. The van der Waals surface area contributed by atoms with Gasteiger partial charge in [-0.1, -0.05) is 66.4 Å². The van der Waals surface area contributed by atoms with Gasteiger partial charge in [-0.05, 0) is 48.9 Å². The van der Waals surface area contributed by atoms with Crippen LogP contribution in [-0.2, 0) is 11.2 Å². The second kappa shape index (κ2) is 11.4. The van der Waals surface area contributed by atoms with Gasteiger partial charge in [0.2, 0.25) is 5.91 Å². The van der Waals surface area contributed by atoms with Gasteiger partial charge in [0, 0.05) is 37.7 Å². The van der Waals surface area contributed by atoms with Gasteiger partial charge in [-0.25, -0.2) is 0 Å². The fraction of sp³-hybridized carbons (Fsp3) is 0.462. The van der Waals surface area contributed by atoms with Crippen LogP contribution >= 0.6 is 23.2 Å². The first-order chi connectivity index (χ1) is 16.0. The Labute approximate surface area is 206 Å². The lowest BCUT2D eigenvalue weighted by Gasteiger charge is -2.40. The summed E-state index contributed by atoms with van der Waals surface area (Å²) in [6.45, 7) is 3.17. The normalized spacial score (nSPS) is 18.3. The molecule has 2 aromatic carbocycles. The van der Waals surface area contributed by atoms with Crippen molar-refractivity contribution in [1.82, 2.24) is 15.1 Å². The molecule has 1 aliphatic carbocycles. The molecule has 0 bridgehead atoms. The highest BCUT2D eigenvalue weighted by molar-refractivity contribution is 6.36. The van der Waals surface area contributed by atoms with Gasteiger partial charge in [0.05, 0.1) is 16.6 Å². The summed E-state index contributed by atoms with van der Waals surface area (Å²) in [5.41, 5.74) is 1.70. The lowest BCUT2D eigenvalue weighted by atomic mass is 9.94. The van der Waals surface area contributed by atoms with Gasteiger partial charge in [-0.2, -0.15) is 0 Å². The molecule has 1 atom stereocenters. The molecule has 1 heterocycles. The van der Waals surface area contributed by atoms with E-state index in [2.05, 4.69) is 22.3 Å². The molecule has 0 spiro atoms. The monoisotopic (exact) mass is 487 g/mol. The Hall–Kier alpha value is -2.08. The van der Waals surface area contributed by atoms with Crippen molar-refractivity contribution in [2.24, 2.45) is 5.92 Å². The second-order valence-corrected chi connectivity index (χ2v) is 9.81. The largest absolute Gasteiger partial charge is 0.354 e. The zero-order chi connectivity index (χ0) is 23.2. The molecule has 2 amide bonds. The van der Waals surface area contributed by atoms with E-state index in [0.717, 1.165) is 19.3 Å². The zero-order valence-corrected chi connectivity index (χ0v) is 20.3. The van der Waals surface area contributed by atoms with E-state index in [0.29, 0.717) is 54.3 Å². The molecular weight excluding hydrogens is 457 g/mol. The number of hydrogen-bond donors (Lipinski definition) is 1. The van der Waals surface area contributed by atoms with Crippen LogP contribution in [0.2, 0.25) is 10.0 Å². The van der Waals surface area contributed by atoms with Gasteiger partial charge in [-0.15, -0.1) is 0 Å². The molecule has 1 saturated heterocycles. The number of nitrogens with one attached hydrogen (secondary N) is 1. The lowest BCUT2D eigenvalue weighted by molar-refractivity contribution is -0.129. The maximum Gasteiger partial charge on any atom is 0.255 e. The first-order valence-electron chi connectivity index (χ1n) is 11.8. The zero-order valence-electron chi connectivity index (χ0n) is 18.8. The van der Waals surface area contributed by atoms with Crippen molar-refractivity contribution in [2.75, 3.05) is 32.7 Å². The molecule has 1 N–H and O–H groups in total. The standard InChI is InChI=1S/C26H31Cl2N3O2/c27-21-10-11-22(23(28)18-21)26(33)31-16-14-30(15-17-31)24(20-8-4-5-9-20)25(32)29-13-12-19-6-2-1-3-7-19/h1-3,6-7,10-11,18,20,24H,4-5,8-9,12-17H2,(H,29,32)/t24-/m0/s1. The van der Waals surface area contributed by atoms with Gasteiger partial charge in [0.15, 0.2) is 0 Å². The van der Waals surface area contributed by atoms with Gasteiger partial charge < -0.3 is 10.2 Å². The Kier molecular flexibility index (Phi) is 8.29. The summed E-state index contributed by atoms with van der Waals surface area (Å²) in [6.07, 6.45) is 5.39. The molecule has 2 fully saturated rings. The molecule has 5 nitrogen and oxygen atoms in total. The predicted molar refractivity (Wildman–Crippen MR) is 133 cm³/mol. The number of piperazine rings is 1. The SMILES string of the molecule is O=C(NCCc1ccccc1)[C@H](C1CCCC1)N1CCN(C(=O)c2ccc(Cl)cc2Cl)CC1. The molecule has 2 aliphatic rings. The summed E-state index contributed by atoms with van der Waals surface area (Å²) in [7, 11) is 0. The number of carbonyl (C=O) groups is 2. The van der Waals surface area contributed by atoms with E-state index in [9.17, 15) is 9.59 Å². The van der Waals surface area contributed by atoms with Crippen molar-refractivity contribution in [3.8, 4) is 0 Å². The van der Waals surface area contributed by atoms with Crippen molar-refractivity contribution in [3.63, 3.8) is 0 Å². The Morgan fingerprint density at radius 2 is 1.67 bits per heavy atom. The van der Waals surface area contributed by atoms with E-state index >= 15 is 0 Å². The highest BCUT2D eigenvalue weighted by atomic mass is 35.5. The minimum atomic E-state index is -0.125. The third-order valence-corrected chi connectivity index (χ3v) is 7.37. The molecule has 1 aliphatic heterocycles.